The van der Waals surface area contributed by atoms with Gasteiger partial charge in [-0.2, -0.15) is 5.26 Å². The van der Waals surface area contributed by atoms with Crippen molar-refractivity contribution < 1.29 is 18.8 Å². The van der Waals surface area contributed by atoms with Gasteiger partial charge in [0.2, 0.25) is 0 Å². The first-order valence-electron chi connectivity index (χ1n) is 7.94. The maximum absolute atomic E-state index is 12.0. The van der Waals surface area contributed by atoms with Gasteiger partial charge in [-0.15, -0.1) is 0 Å². The molecule has 1 heterocycles. The number of methoxy groups -OCH3 is 1. The fourth-order valence-electron chi connectivity index (χ4n) is 2.43. The van der Waals surface area contributed by atoms with Crippen LogP contribution in [-0.4, -0.2) is 31.4 Å². The van der Waals surface area contributed by atoms with E-state index >= 15 is 0 Å². The number of hydrogen-bond acceptors (Lipinski definition) is 5. The standard InChI is InChI=1S/C18H24BNO4/c1-16(2,11-20)13-8-12(15(21)22-7)9-14(10-13)19-23-17(3,4)18(5,6)24-19/h8-10H,1-7H3. The van der Waals surface area contributed by atoms with Crippen LogP contribution < -0.4 is 5.46 Å². The molecule has 0 aromatic heterocycles. The Morgan fingerprint density at radius 2 is 1.71 bits per heavy atom. The molecule has 0 unspecified atom stereocenters. The summed E-state index contributed by atoms with van der Waals surface area (Å²) in [6, 6.07) is 7.50. The summed E-state index contributed by atoms with van der Waals surface area (Å²) in [7, 11) is 0.728. The minimum atomic E-state index is -0.748. The van der Waals surface area contributed by atoms with Crippen molar-refractivity contribution in [1.29, 1.82) is 5.26 Å². The van der Waals surface area contributed by atoms with Gasteiger partial charge in [-0.25, -0.2) is 4.79 Å². The highest BCUT2D eigenvalue weighted by atomic mass is 16.7. The van der Waals surface area contributed by atoms with E-state index in [9.17, 15) is 10.1 Å². The summed E-state index contributed by atoms with van der Waals surface area (Å²) < 4.78 is 17.0. The molecule has 0 N–H and O–H groups in total. The molecule has 2 rings (SSSR count). The number of rotatable bonds is 3. The number of hydrogen-bond donors (Lipinski definition) is 0. The highest BCUT2D eigenvalue weighted by Crippen LogP contribution is 2.36. The molecule has 5 nitrogen and oxygen atoms in total. The van der Waals surface area contributed by atoms with Crippen LogP contribution in [0, 0.1) is 11.3 Å². The fraction of sp³-hybridized carbons (Fsp3) is 0.556. The minimum absolute atomic E-state index is 0.378. The van der Waals surface area contributed by atoms with Gasteiger partial charge in [0.15, 0.2) is 0 Å². The summed E-state index contributed by atoms with van der Waals surface area (Å²) in [6.07, 6.45) is 0. The number of carbonyl (C=O) groups is 1. The van der Waals surface area contributed by atoms with Gasteiger partial charge < -0.3 is 14.0 Å². The second-order valence-corrected chi connectivity index (χ2v) is 7.66. The molecule has 0 atom stereocenters. The number of ether oxygens (including phenoxy) is 1. The number of carbonyl (C=O) groups excluding carboxylic acids is 1. The Morgan fingerprint density at radius 1 is 1.17 bits per heavy atom. The van der Waals surface area contributed by atoms with E-state index in [2.05, 4.69) is 6.07 Å². The van der Waals surface area contributed by atoms with E-state index in [0.29, 0.717) is 11.0 Å². The number of benzene rings is 1. The Hall–Kier alpha value is -1.84. The lowest BCUT2D eigenvalue weighted by molar-refractivity contribution is 0.00578. The van der Waals surface area contributed by atoms with Crippen LogP contribution in [-0.2, 0) is 19.5 Å². The summed E-state index contributed by atoms with van der Waals surface area (Å²) in [5.41, 5.74) is 0.0892. The van der Waals surface area contributed by atoms with Crippen LogP contribution in [0.2, 0.25) is 0 Å². The molecule has 1 aromatic rings. The van der Waals surface area contributed by atoms with Crippen molar-refractivity contribution in [2.75, 3.05) is 7.11 Å². The molecule has 1 saturated heterocycles. The quantitative estimate of drug-likeness (QED) is 0.630. The van der Waals surface area contributed by atoms with Crippen molar-refractivity contribution in [3.63, 3.8) is 0 Å². The van der Waals surface area contributed by atoms with Gasteiger partial charge in [-0.1, -0.05) is 6.07 Å². The van der Waals surface area contributed by atoms with E-state index in [4.69, 9.17) is 14.0 Å². The zero-order chi connectivity index (χ0) is 18.3. The van der Waals surface area contributed by atoms with Gasteiger partial charge >= 0.3 is 13.1 Å². The molecule has 6 heteroatoms. The largest absolute Gasteiger partial charge is 0.494 e. The van der Waals surface area contributed by atoms with Crippen molar-refractivity contribution in [3.8, 4) is 6.07 Å². The van der Waals surface area contributed by atoms with Gasteiger partial charge in [0.05, 0.1) is 35.4 Å². The first-order chi connectivity index (χ1) is 10.9. The van der Waals surface area contributed by atoms with Gasteiger partial charge in [-0.3, -0.25) is 0 Å². The molecule has 1 fully saturated rings. The van der Waals surface area contributed by atoms with Crippen molar-refractivity contribution in [2.24, 2.45) is 0 Å². The molecule has 0 amide bonds. The van der Waals surface area contributed by atoms with Gasteiger partial charge in [0, 0.05) is 0 Å². The smallest absolute Gasteiger partial charge is 0.465 e. The van der Waals surface area contributed by atoms with Crippen LogP contribution in [0.3, 0.4) is 0 Å². The Bertz CT molecular complexity index is 687. The van der Waals surface area contributed by atoms with Crippen LogP contribution in [0.4, 0.5) is 0 Å². The molecule has 0 saturated carbocycles. The van der Waals surface area contributed by atoms with Crippen LogP contribution >= 0.6 is 0 Å². The van der Waals surface area contributed by atoms with E-state index in [0.717, 1.165) is 5.56 Å². The second kappa shape index (κ2) is 5.91. The number of nitriles is 1. The van der Waals surface area contributed by atoms with Crippen LogP contribution in [0.25, 0.3) is 0 Å². The summed E-state index contributed by atoms with van der Waals surface area (Å²) in [6.45, 7) is 11.5. The Balaban J connectivity index is 2.53. The molecule has 1 aromatic carbocycles. The molecule has 0 spiro atoms. The van der Waals surface area contributed by atoms with Crippen LogP contribution in [0.15, 0.2) is 18.2 Å². The third-order valence-electron chi connectivity index (χ3n) is 4.90. The molecular weight excluding hydrogens is 305 g/mol. The average Bonchev–Trinajstić information content (AvgIpc) is 2.74. The Labute approximate surface area is 144 Å². The van der Waals surface area contributed by atoms with Crippen LogP contribution in [0.1, 0.15) is 57.5 Å². The zero-order valence-corrected chi connectivity index (χ0v) is 15.4. The van der Waals surface area contributed by atoms with E-state index < -0.39 is 29.7 Å². The molecular formula is C18H24BNO4. The maximum atomic E-state index is 12.0. The third-order valence-corrected chi connectivity index (χ3v) is 4.90. The highest BCUT2D eigenvalue weighted by molar-refractivity contribution is 6.62. The van der Waals surface area contributed by atoms with Gasteiger partial charge in [0.25, 0.3) is 0 Å². The van der Waals surface area contributed by atoms with Crippen LogP contribution in [0.5, 0.6) is 0 Å². The predicted octanol–water partition coefficient (Wildman–Crippen LogP) is 2.57. The lowest BCUT2D eigenvalue weighted by atomic mass is 9.74. The van der Waals surface area contributed by atoms with Gasteiger partial charge in [-0.05, 0) is 64.7 Å². The van der Waals surface area contributed by atoms with E-state index in [1.807, 2.05) is 33.8 Å². The predicted molar refractivity (Wildman–Crippen MR) is 92.1 cm³/mol. The first kappa shape index (κ1) is 18.5. The first-order valence-corrected chi connectivity index (χ1v) is 7.94. The molecule has 128 valence electrons. The lowest BCUT2D eigenvalue weighted by Gasteiger charge is -2.32. The number of nitrogens with zero attached hydrogens (tertiary/aromatic N) is 1. The Morgan fingerprint density at radius 3 is 2.17 bits per heavy atom. The highest BCUT2D eigenvalue weighted by Gasteiger charge is 2.52. The summed E-state index contributed by atoms with van der Waals surface area (Å²) in [4.78, 5) is 12.0. The maximum Gasteiger partial charge on any atom is 0.494 e. The molecule has 1 aliphatic heterocycles. The van der Waals surface area contributed by atoms with Crippen molar-refractivity contribution in [2.45, 2.75) is 58.2 Å². The summed E-state index contributed by atoms with van der Waals surface area (Å²) in [5, 5.41) is 9.43. The van der Waals surface area contributed by atoms with E-state index in [1.54, 1.807) is 26.0 Å². The lowest BCUT2D eigenvalue weighted by Crippen LogP contribution is -2.41. The minimum Gasteiger partial charge on any atom is -0.465 e. The summed E-state index contributed by atoms with van der Waals surface area (Å²) >= 11 is 0. The van der Waals surface area contributed by atoms with E-state index in [-0.39, 0.29) is 0 Å². The van der Waals surface area contributed by atoms with Crippen molar-refractivity contribution >= 4 is 18.6 Å². The molecule has 1 aliphatic rings. The van der Waals surface area contributed by atoms with E-state index in [1.165, 1.54) is 7.11 Å². The molecule has 24 heavy (non-hydrogen) atoms. The zero-order valence-electron chi connectivity index (χ0n) is 15.4. The SMILES string of the molecule is COC(=O)c1cc(B2OC(C)(C)C(C)(C)O2)cc(C(C)(C)C#N)c1. The molecule has 0 aliphatic carbocycles. The molecule has 0 radical (unpaired) electrons. The van der Waals surface area contributed by atoms with Crippen molar-refractivity contribution in [3.05, 3.63) is 29.3 Å². The van der Waals surface area contributed by atoms with Crippen molar-refractivity contribution in [1.82, 2.24) is 0 Å². The summed E-state index contributed by atoms with van der Waals surface area (Å²) in [5.74, 6) is -0.455. The number of esters is 1. The Kier molecular flexibility index (Phi) is 4.56. The normalized spacial score (nSPS) is 19.0. The molecule has 0 bridgehead atoms. The second-order valence-electron chi connectivity index (χ2n) is 7.66. The third kappa shape index (κ3) is 3.19. The fourth-order valence-corrected chi connectivity index (χ4v) is 2.43. The average molecular weight is 329 g/mol. The monoisotopic (exact) mass is 329 g/mol. The topological polar surface area (TPSA) is 68.6 Å². The van der Waals surface area contributed by atoms with Gasteiger partial charge in [0.1, 0.15) is 0 Å².